The number of alkyl halides is 3. The van der Waals surface area contributed by atoms with Crippen LogP contribution in [0.3, 0.4) is 0 Å². The van der Waals surface area contributed by atoms with Gasteiger partial charge in [0.05, 0.1) is 0 Å². The number of hydrogen-bond donors (Lipinski definition) is 1. The molecule has 0 saturated carbocycles. The number of carbonyl (C=O) groups is 1. The predicted octanol–water partition coefficient (Wildman–Crippen LogP) is 1.26. The van der Waals surface area contributed by atoms with Crippen LogP contribution in [0.2, 0.25) is 0 Å². The van der Waals surface area contributed by atoms with E-state index in [0.717, 1.165) is 22.6 Å². The third kappa shape index (κ3) is 1.82. The van der Waals surface area contributed by atoms with Crippen molar-refractivity contribution in [2.45, 2.75) is 18.7 Å². The molecule has 60 valence electrons. The second-order valence-corrected chi connectivity index (χ2v) is 2.82. The normalized spacial score (nSPS) is 18.2. The van der Waals surface area contributed by atoms with Gasteiger partial charge >= 0.3 is 6.18 Å². The van der Waals surface area contributed by atoms with Crippen LogP contribution in [0, 0.1) is 0 Å². The van der Waals surface area contributed by atoms with Gasteiger partial charge in [-0.15, -0.1) is 0 Å². The quantitative estimate of drug-likeness (QED) is 0.574. The molecule has 0 fully saturated rings. The van der Waals surface area contributed by atoms with Crippen LogP contribution in [0.1, 0.15) is 6.92 Å². The molecule has 0 aliphatic heterocycles. The van der Waals surface area contributed by atoms with Crippen molar-refractivity contribution in [3.05, 3.63) is 0 Å². The molecule has 10 heavy (non-hydrogen) atoms. The first-order valence-corrected chi connectivity index (χ1v) is 3.26. The monoisotopic (exact) mass is 268 g/mol. The Labute approximate surface area is 68.5 Å². The van der Waals surface area contributed by atoms with Gasteiger partial charge in [0.15, 0.2) is 0 Å². The van der Waals surface area contributed by atoms with Crippen LogP contribution in [0.4, 0.5) is 13.2 Å². The van der Waals surface area contributed by atoms with Gasteiger partial charge in [-0.2, -0.15) is 13.2 Å². The van der Waals surface area contributed by atoms with Crippen LogP contribution in [0.25, 0.3) is 0 Å². The van der Waals surface area contributed by atoms with E-state index in [1.165, 1.54) is 0 Å². The number of hydrogen-bond acceptors (Lipinski definition) is 2. The predicted molar refractivity (Wildman–Crippen MR) is 35.7 cm³/mol. The zero-order valence-corrected chi connectivity index (χ0v) is 7.02. The second-order valence-electron chi connectivity index (χ2n) is 1.84. The lowest BCUT2D eigenvalue weighted by atomic mass is 10.1. The second kappa shape index (κ2) is 2.65. The Kier molecular flexibility index (Phi) is 2.69. The molecule has 0 amide bonds. The largest absolute Gasteiger partial charge is 0.424 e. The fourth-order valence-electron chi connectivity index (χ4n) is 0.111. The van der Waals surface area contributed by atoms with E-state index in [9.17, 15) is 18.0 Å². The lowest BCUT2D eigenvalue weighted by molar-refractivity contribution is -0.238. The van der Waals surface area contributed by atoms with Crippen molar-refractivity contribution < 1.29 is 23.1 Å². The SMILES string of the molecule is CC(O)(C(=O)I)C(F)(F)F. The molecule has 0 aromatic carbocycles. The molecule has 0 rings (SSSR count). The molecule has 1 N–H and O–H groups in total. The van der Waals surface area contributed by atoms with E-state index in [-0.39, 0.29) is 0 Å². The van der Waals surface area contributed by atoms with Crippen LogP contribution in [0.5, 0.6) is 0 Å². The summed E-state index contributed by atoms with van der Waals surface area (Å²) in [6.45, 7) is 0.418. The standard InChI is InChI=1S/C4H4F3IO2/c1-3(10,2(8)9)4(5,6)7/h10H,1H3. The lowest BCUT2D eigenvalue weighted by Crippen LogP contribution is -2.46. The molecule has 0 aromatic heterocycles. The molecule has 0 radical (unpaired) electrons. The van der Waals surface area contributed by atoms with Gasteiger partial charge < -0.3 is 5.11 Å². The Morgan fingerprint density at radius 3 is 1.80 bits per heavy atom. The molecule has 0 heterocycles. The van der Waals surface area contributed by atoms with Crippen LogP contribution >= 0.6 is 22.6 Å². The van der Waals surface area contributed by atoms with E-state index < -0.39 is 15.6 Å². The van der Waals surface area contributed by atoms with E-state index in [4.69, 9.17) is 5.11 Å². The fraction of sp³-hybridized carbons (Fsp3) is 0.750. The minimum absolute atomic E-state index is 0.418. The maximum Gasteiger partial charge on any atom is 0.424 e. The molecular formula is C4H4F3IO2. The topological polar surface area (TPSA) is 37.3 Å². The van der Waals surface area contributed by atoms with Gasteiger partial charge in [0.2, 0.25) is 9.39 Å². The molecule has 6 heteroatoms. The Morgan fingerprint density at radius 2 is 1.80 bits per heavy atom. The van der Waals surface area contributed by atoms with Gasteiger partial charge in [-0.3, -0.25) is 4.79 Å². The van der Waals surface area contributed by atoms with Crippen molar-refractivity contribution in [3.8, 4) is 0 Å². The first-order valence-electron chi connectivity index (χ1n) is 2.18. The van der Waals surface area contributed by atoms with Crippen molar-refractivity contribution in [2.75, 3.05) is 0 Å². The summed E-state index contributed by atoms with van der Waals surface area (Å²) in [7, 11) is 0. The molecule has 0 aliphatic rings. The van der Waals surface area contributed by atoms with Gasteiger partial charge in [0.25, 0.3) is 0 Å². The molecule has 0 aromatic rings. The average Bonchev–Trinajstić information content (AvgIpc) is 1.62. The first-order chi connectivity index (χ1) is 4.19. The molecular weight excluding hydrogens is 264 g/mol. The first kappa shape index (κ1) is 10.2. The maximum absolute atomic E-state index is 11.6. The van der Waals surface area contributed by atoms with E-state index >= 15 is 0 Å². The molecule has 1 unspecified atom stereocenters. The van der Waals surface area contributed by atoms with Crippen LogP contribution in [-0.2, 0) is 4.79 Å². The Balaban J connectivity index is 4.57. The number of rotatable bonds is 1. The highest BCUT2D eigenvalue weighted by Gasteiger charge is 2.54. The molecule has 0 spiro atoms. The van der Waals surface area contributed by atoms with Crippen molar-refractivity contribution in [2.24, 2.45) is 0 Å². The third-order valence-corrected chi connectivity index (χ3v) is 1.98. The smallest absolute Gasteiger partial charge is 0.374 e. The zero-order chi connectivity index (χ0) is 8.58. The van der Waals surface area contributed by atoms with E-state index in [1.807, 2.05) is 0 Å². The van der Waals surface area contributed by atoms with Crippen LogP contribution < -0.4 is 0 Å². The van der Waals surface area contributed by atoms with Crippen molar-refractivity contribution >= 4 is 26.4 Å². The van der Waals surface area contributed by atoms with Gasteiger partial charge in [-0.1, -0.05) is 0 Å². The summed E-state index contributed by atoms with van der Waals surface area (Å²) in [6.07, 6.45) is -4.88. The summed E-state index contributed by atoms with van der Waals surface area (Å²) in [5, 5.41) is 8.45. The summed E-state index contributed by atoms with van der Waals surface area (Å²) in [6, 6.07) is 0. The fourth-order valence-corrected chi connectivity index (χ4v) is 0.417. The average molecular weight is 268 g/mol. The lowest BCUT2D eigenvalue weighted by Gasteiger charge is -2.21. The Morgan fingerprint density at radius 1 is 1.50 bits per heavy atom. The number of carbonyl (C=O) groups excluding carboxylic acids is 1. The Bertz CT molecular complexity index is 151. The Hall–Kier alpha value is 0.150. The van der Waals surface area contributed by atoms with Crippen LogP contribution in [0.15, 0.2) is 0 Å². The van der Waals surface area contributed by atoms with E-state index in [1.54, 1.807) is 0 Å². The number of halogens is 4. The summed E-state index contributed by atoms with van der Waals surface area (Å²) < 4.78 is 33.5. The van der Waals surface area contributed by atoms with Gasteiger partial charge in [-0.25, -0.2) is 0 Å². The van der Waals surface area contributed by atoms with E-state index in [2.05, 4.69) is 0 Å². The van der Waals surface area contributed by atoms with Crippen molar-refractivity contribution in [1.29, 1.82) is 0 Å². The van der Waals surface area contributed by atoms with Gasteiger partial charge in [0.1, 0.15) is 0 Å². The number of aliphatic hydroxyl groups is 1. The molecule has 1 atom stereocenters. The summed E-state index contributed by atoms with van der Waals surface area (Å²) in [5.74, 6) is 0. The summed E-state index contributed by atoms with van der Waals surface area (Å²) in [5.41, 5.74) is -3.21. The highest BCUT2D eigenvalue weighted by molar-refractivity contribution is 14.1. The van der Waals surface area contributed by atoms with E-state index in [0.29, 0.717) is 6.92 Å². The highest BCUT2D eigenvalue weighted by atomic mass is 127. The van der Waals surface area contributed by atoms with Crippen LogP contribution in [-0.4, -0.2) is 20.7 Å². The van der Waals surface area contributed by atoms with Crippen molar-refractivity contribution in [3.63, 3.8) is 0 Å². The molecule has 0 aliphatic carbocycles. The summed E-state index contributed by atoms with van der Waals surface area (Å²) in [4.78, 5) is 10.1. The highest BCUT2D eigenvalue weighted by Crippen LogP contribution is 2.32. The molecule has 2 nitrogen and oxygen atoms in total. The minimum atomic E-state index is -4.88. The zero-order valence-electron chi connectivity index (χ0n) is 4.87. The molecule has 0 saturated heterocycles. The molecule has 0 bridgehead atoms. The third-order valence-electron chi connectivity index (χ3n) is 0.935. The van der Waals surface area contributed by atoms with Gasteiger partial charge in [0, 0.05) is 22.6 Å². The minimum Gasteiger partial charge on any atom is -0.374 e. The summed E-state index contributed by atoms with van der Waals surface area (Å²) >= 11 is 0.902. The maximum atomic E-state index is 11.6. The van der Waals surface area contributed by atoms with Gasteiger partial charge in [-0.05, 0) is 6.92 Å². The van der Waals surface area contributed by atoms with Crippen molar-refractivity contribution in [1.82, 2.24) is 0 Å².